The summed E-state index contributed by atoms with van der Waals surface area (Å²) in [4.78, 5) is 14.6. The summed E-state index contributed by atoms with van der Waals surface area (Å²) < 4.78 is 23.8. The summed E-state index contributed by atoms with van der Waals surface area (Å²) in [5.74, 6) is 0.0425. The molecule has 0 aromatic heterocycles. The average molecular weight is 749 g/mol. The topological polar surface area (TPSA) is 196 Å². The van der Waals surface area contributed by atoms with Gasteiger partial charge in [0.15, 0.2) is 6.29 Å². The van der Waals surface area contributed by atoms with E-state index in [1.54, 1.807) is 0 Å². The molecule has 2 heterocycles. The lowest BCUT2D eigenvalue weighted by molar-refractivity contribution is -0.308. The molecule has 2 saturated heterocycles. The first-order valence-electron chi connectivity index (χ1n) is 20.0. The van der Waals surface area contributed by atoms with Gasteiger partial charge in [0.2, 0.25) is 6.29 Å². The molecular formula is C41H64O12. The van der Waals surface area contributed by atoms with Crippen LogP contribution in [0.2, 0.25) is 0 Å². The third-order valence-electron chi connectivity index (χ3n) is 16.7. The third kappa shape index (κ3) is 5.70. The maximum absolute atomic E-state index is 14.6. The van der Waals surface area contributed by atoms with Crippen molar-refractivity contribution in [1.82, 2.24) is 0 Å². The van der Waals surface area contributed by atoms with Crippen LogP contribution in [0.1, 0.15) is 106 Å². The Hall–Kier alpha value is -1.45. The summed E-state index contributed by atoms with van der Waals surface area (Å²) in [6, 6.07) is 0. The monoisotopic (exact) mass is 748 g/mol. The van der Waals surface area contributed by atoms with Crippen molar-refractivity contribution in [3.05, 3.63) is 22.8 Å². The maximum atomic E-state index is 14.6. The van der Waals surface area contributed by atoms with E-state index in [1.165, 1.54) is 16.7 Å². The highest BCUT2D eigenvalue weighted by Gasteiger charge is 2.69. The van der Waals surface area contributed by atoms with Gasteiger partial charge in [-0.2, -0.15) is 0 Å². The molecule has 53 heavy (non-hydrogen) atoms. The van der Waals surface area contributed by atoms with Crippen molar-refractivity contribution in [2.24, 2.45) is 44.8 Å². The predicted molar refractivity (Wildman–Crippen MR) is 192 cm³/mol. The molecular weight excluding hydrogens is 684 g/mol. The molecule has 7 rings (SSSR count). The average Bonchev–Trinajstić information content (AvgIpc) is 3.11. The van der Waals surface area contributed by atoms with Crippen LogP contribution in [0.15, 0.2) is 22.8 Å². The number of hydrogen-bond donors (Lipinski definition) is 7. The van der Waals surface area contributed by atoms with E-state index in [9.17, 15) is 40.5 Å². The van der Waals surface area contributed by atoms with E-state index in [1.807, 2.05) is 0 Å². The van der Waals surface area contributed by atoms with Crippen LogP contribution in [-0.2, 0) is 23.7 Å². The van der Waals surface area contributed by atoms with Gasteiger partial charge in [0.25, 0.3) is 0 Å². The second kappa shape index (κ2) is 13.6. The fourth-order valence-electron chi connectivity index (χ4n) is 13.1. The number of carbonyl (C=O) groups is 1. The number of allylic oxidation sites excluding steroid dienone is 4. The fourth-order valence-corrected chi connectivity index (χ4v) is 13.1. The highest BCUT2D eigenvalue weighted by atomic mass is 16.7. The van der Waals surface area contributed by atoms with E-state index in [0.29, 0.717) is 24.7 Å². The normalized spacial score (nSPS) is 52.3. The first-order valence-corrected chi connectivity index (χ1v) is 20.0. The van der Waals surface area contributed by atoms with Gasteiger partial charge in [-0.25, -0.2) is 0 Å². The molecule has 17 atom stereocenters. The summed E-state index contributed by atoms with van der Waals surface area (Å²) in [7, 11) is 0. The largest absolute Gasteiger partial charge is 0.432 e. The SMILES string of the molecule is CC1=C(C)C2C3=CCC4C5(C)CCC(OC6OCC(O)C(O)C6O)C(C)(C)C5CCC4(C)C3(C)CCC2(C(=O)OC2OC(CO)C(O)C(O)C2O)CC1. The van der Waals surface area contributed by atoms with E-state index in [0.717, 1.165) is 44.9 Å². The molecule has 3 saturated carbocycles. The lowest BCUT2D eigenvalue weighted by atomic mass is 9.34. The van der Waals surface area contributed by atoms with Gasteiger partial charge in [-0.15, -0.1) is 0 Å². The minimum absolute atomic E-state index is 0.00686. The van der Waals surface area contributed by atoms with Gasteiger partial charge in [-0.05, 0) is 105 Å². The Balaban J connectivity index is 1.17. The molecule has 0 radical (unpaired) electrons. The zero-order chi connectivity index (χ0) is 38.6. The van der Waals surface area contributed by atoms with Gasteiger partial charge in [-0.1, -0.05) is 57.4 Å². The van der Waals surface area contributed by atoms with Gasteiger partial charge in [0.05, 0.1) is 24.7 Å². The number of aliphatic hydroxyl groups is 7. The second-order valence-corrected chi connectivity index (χ2v) is 19.2. The first kappa shape index (κ1) is 39.8. The molecule has 12 nitrogen and oxygen atoms in total. The molecule has 0 bridgehead atoms. The van der Waals surface area contributed by atoms with Gasteiger partial charge in [-0.3, -0.25) is 4.79 Å². The van der Waals surface area contributed by atoms with Crippen molar-refractivity contribution in [2.45, 2.75) is 168 Å². The van der Waals surface area contributed by atoms with Crippen molar-refractivity contribution in [1.29, 1.82) is 0 Å². The molecule has 17 unspecified atom stereocenters. The highest BCUT2D eigenvalue weighted by molar-refractivity contribution is 5.80. The van der Waals surface area contributed by atoms with Crippen LogP contribution in [0, 0.1) is 44.8 Å². The van der Waals surface area contributed by atoms with Crippen molar-refractivity contribution < 1.29 is 59.5 Å². The number of rotatable bonds is 5. The molecule has 12 heteroatoms. The van der Waals surface area contributed by atoms with E-state index >= 15 is 0 Å². The van der Waals surface area contributed by atoms with Crippen LogP contribution < -0.4 is 0 Å². The second-order valence-electron chi connectivity index (χ2n) is 19.2. The molecule has 2 aliphatic heterocycles. The Labute approximate surface area is 313 Å². The van der Waals surface area contributed by atoms with E-state index in [4.69, 9.17) is 18.9 Å². The Bertz CT molecular complexity index is 1490. The molecule has 7 aliphatic rings. The first-order chi connectivity index (χ1) is 24.8. The number of ether oxygens (including phenoxy) is 4. The Kier molecular flexibility index (Phi) is 10.2. The van der Waals surface area contributed by atoms with Crippen molar-refractivity contribution in [3.63, 3.8) is 0 Å². The molecule has 0 aromatic rings. The third-order valence-corrected chi connectivity index (χ3v) is 16.7. The van der Waals surface area contributed by atoms with Crippen LogP contribution in [0.3, 0.4) is 0 Å². The Morgan fingerprint density at radius 3 is 2.23 bits per heavy atom. The molecule has 0 amide bonds. The van der Waals surface area contributed by atoms with Crippen molar-refractivity contribution in [3.8, 4) is 0 Å². The zero-order valence-electron chi connectivity index (χ0n) is 32.5. The van der Waals surface area contributed by atoms with E-state index in [2.05, 4.69) is 54.5 Å². The summed E-state index contributed by atoms with van der Waals surface area (Å²) in [5.41, 5.74) is 2.35. The standard InChI is InChI=1S/C41H64O12/c1-20-10-15-41(36(49)53-35-33(48)31(46)30(45)24(18-42)51-35)17-16-39(6)22(28(41)21(20)2)8-9-26-38(5)13-12-27(37(3,4)25(38)11-14-40(26,39)7)52-34-32(47)29(44)23(43)19-50-34/h8,23-35,42-48H,9-19H2,1-7H3. The number of fused-ring (bicyclic) bond motifs is 7. The molecule has 0 aromatic carbocycles. The fraction of sp³-hybridized carbons (Fsp3) is 0.878. The number of aliphatic hydroxyl groups excluding tert-OH is 7. The summed E-state index contributed by atoms with van der Waals surface area (Å²) in [6.07, 6.45) is -2.73. The quantitative estimate of drug-likeness (QED) is 0.124. The smallest absolute Gasteiger partial charge is 0.315 e. The summed E-state index contributed by atoms with van der Waals surface area (Å²) in [6.45, 7) is 15.5. The van der Waals surface area contributed by atoms with Crippen LogP contribution in [0.25, 0.3) is 0 Å². The van der Waals surface area contributed by atoms with E-state index in [-0.39, 0.29) is 40.3 Å². The van der Waals surface area contributed by atoms with Gasteiger partial charge >= 0.3 is 5.97 Å². The van der Waals surface area contributed by atoms with Crippen LogP contribution in [0.4, 0.5) is 0 Å². The van der Waals surface area contributed by atoms with Crippen LogP contribution >= 0.6 is 0 Å². The minimum atomic E-state index is -1.66. The van der Waals surface area contributed by atoms with Crippen molar-refractivity contribution >= 4 is 5.97 Å². The van der Waals surface area contributed by atoms with Crippen molar-refractivity contribution in [2.75, 3.05) is 13.2 Å². The lowest BCUT2D eigenvalue weighted by Crippen LogP contribution is -2.65. The lowest BCUT2D eigenvalue weighted by Gasteiger charge is -2.71. The van der Waals surface area contributed by atoms with Gasteiger partial charge < -0.3 is 54.7 Å². The summed E-state index contributed by atoms with van der Waals surface area (Å²) >= 11 is 0. The molecule has 0 spiro atoms. The summed E-state index contributed by atoms with van der Waals surface area (Å²) in [5, 5.41) is 72.3. The Morgan fingerprint density at radius 1 is 0.830 bits per heavy atom. The number of esters is 1. The zero-order valence-corrected chi connectivity index (χ0v) is 32.5. The van der Waals surface area contributed by atoms with Gasteiger partial charge in [0, 0.05) is 5.92 Å². The van der Waals surface area contributed by atoms with Crippen LogP contribution in [-0.4, -0.2) is 116 Å². The van der Waals surface area contributed by atoms with E-state index < -0.39 is 73.3 Å². The predicted octanol–water partition coefficient (Wildman–Crippen LogP) is 2.88. The Morgan fingerprint density at radius 2 is 1.53 bits per heavy atom. The van der Waals surface area contributed by atoms with Gasteiger partial charge in [0.1, 0.15) is 42.7 Å². The number of hydrogen-bond acceptors (Lipinski definition) is 12. The minimum Gasteiger partial charge on any atom is -0.432 e. The maximum Gasteiger partial charge on any atom is 0.315 e. The molecule has 5 aliphatic carbocycles. The molecule has 7 N–H and O–H groups in total. The number of carbonyl (C=O) groups excluding carboxylic acids is 1. The highest BCUT2D eigenvalue weighted by Crippen LogP contribution is 2.75. The molecule has 300 valence electrons. The van der Waals surface area contributed by atoms with Crippen LogP contribution in [0.5, 0.6) is 0 Å². The molecule has 5 fully saturated rings.